The van der Waals surface area contributed by atoms with E-state index in [1.807, 2.05) is 22.7 Å². The third kappa shape index (κ3) is 4.71. The van der Waals surface area contributed by atoms with Crippen LogP contribution in [0.15, 0.2) is 82.8 Å². The monoisotopic (exact) mass is 498 g/mol. The molecule has 0 unspecified atom stereocenters. The molecule has 2 aromatic carbocycles. The molecule has 0 saturated heterocycles. The zero-order valence-electron chi connectivity index (χ0n) is 19.8. The van der Waals surface area contributed by atoms with Crippen molar-refractivity contribution in [2.24, 2.45) is 0 Å². The molecule has 0 atom stereocenters. The Balaban J connectivity index is 1.35. The van der Waals surface area contributed by atoms with Crippen LogP contribution in [-0.4, -0.2) is 16.1 Å². The first-order valence-electron chi connectivity index (χ1n) is 11.5. The zero-order valence-corrected chi connectivity index (χ0v) is 23.4. The Labute approximate surface area is 208 Å². The minimum absolute atomic E-state index is 1.03. The molecule has 0 amide bonds. The van der Waals surface area contributed by atoms with Crippen molar-refractivity contribution in [3.63, 3.8) is 0 Å². The van der Waals surface area contributed by atoms with Gasteiger partial charge in [0.1, 0.15) is 16.1 Å². The second kappa shape index (κ2) is 8.84. The van der Waals surface area contributed by atoms with Crippen molar-refractivity contribution in [2.75, 3.05) is 0 Å². The highest BCUT2D eigenvalue weighted by molar-refractivity contribution is 7.26. The average molecular weight is 499 g/mol. The smallest absolute Gasteiger partial charge is 0.117 e. The standard InChI is InChI=1S/C29H30S2Si2/c1-32(2,28-7-5-15-30-28)17-13-22-9-11-26-24(19-22)21-25-20-23(10-12-27(25)26)14-18-33(3,4)29-8-6-16-31-29/h5-20H,21H2,1-4H3/b17-13+,18-14+. The molecule has 0 spiro atoms. The fourth-order valence-electron chi connectivity index (χ4n) is 4.52. The minimum Gasteiger partial charge on any atom is -0.153 e. The lowest BCUT2D eigenvalue weighted by molar-refractivity contribution is 1.26. The molecule has 0 nitrogen and oxygen atoms in total. The molecule has 0 bridgehead atoms. The first-order chi connectivity index (χ1) is 15.8. The molecule has 0 N–H and O–H groups in total. The predicted molar refractivity (Wildman–Crippen MR) is 156 cm³/mol. The number of rotatable bonds is 6. The lowest BCUT2D eigenvalue weighted by Crippen LogP contribution is -2.36. The van der Waals surface area contributed by atoms with Crippen molar-refractivity contribution >= 4 is 60.0 Å². The Morgan fingerprint density at radius 2 is 1.09 bits per heavy atom. The van der Waals surface area contributed by atoms with E-state index in [1.165, 1.54) is 33.4 Å². The van der Waals surface area contributed by atoms with Gasteiger partial charge in [-0.15, -0.1) is 0 Å². The zero-order chi connectivity index (χ0) is 23.1. The summed E-state index contributed by atoms with van der Waals surface area (Å²) >= 11 is 3.78. The van der Waals surface area contributed by atoms with Gasteiger partial charge in [0.05, 0.1) is 0 Å². The van der Waals surface area contributed by atoms with Crippen LogP contribution in [0.1, 0.15) is 22.3 Å². The molecule has 2 heterocycles. The lowest BCUT2D eigenvalue weighted by atomic mass is 10.0. The second-order valence-corrected chi connectivity index (χ2v) is 21.3. The van der Waals surface area contributed by atoms with Crippen molar-refractivity contribution < 1.29 is 0 Å². The van der Waals surface area contributed by atoms with Crippen LogP contribution in [-0.2, 0) is 6.42 Å². The summed E-state index contributed by atoms with van der Waals surface area (Å²) in [5.74, 6) is 0. The number of thiophene rings is 2. The van der Waals surface area contributed by atoms with Gasteiger partial charge in [0.15, 0.2) is 0 Å². The molecular weight excluding hydrogens is 469 g/mol. The maximum absolute atomic E-state index is 2.48. The quantitative estimate of drug-likeness (QED) is 0.210. The van der Waals surface area contributed by atoms with Crippen molar-refractivity contribution in [3.8, 4) is 11.1 Å². The maximum atomic E-state index is 2.48. The highest BCUT2D eigenvalue weighted by Crippen LogP contribution is 2.38. The predicted octanol–water partition coefficient (Wildman–Crippen LogP) is 7.72. The normalized spacial score (nSPS) is 13.7. The third-order valence-corrected chi connectivity index (χ3v) is 16.7. The summed E-state index contributed by atoms with van der Waals surface area (Å²) < 4.78 is 3.08. The Morgan fingerprint density at radius 3 is 1.48 bits per heavy atom. The summed E-state index contributed by atoms with van der Waals surface area (Å²) in [6.45, 7) is 9.71. The van der Waals surface area contributed by atoms with Crippen LogP contribution in [0.2, 0.25) is 26.2 Å². The molecular formula is C29H30S2Si2. The number of benzene rings is 2. The molecule has 33 heavy (non-hydrogen) atoms. The first-order valence-corrected chi connectivity index (χ1v) is 19.5. The van der Waals surface area contributed by atoms with Crippen molar-refractivity contribution in [1.29, 1.82) is 0 Å². The average Bonchev–Trinajstić information content (AvgIpc) is 3.56. The fraction of sp³-hybridized carbons (Fsp3) is 0.172. The summed E-state index contributed by atoms with van der Waals surface area (Å²) in [6.07, 6.45) is 5.73. The van der Waals surface area contributed by atoms with E-state index >= 15 is 0 Å². The summed E-state index contributed by atoms with van der Waals surface area (Å²) in [5, 5.41) is 4.39. The minimum atomic E-state index is -1.52. The molecule has 1 aliphatic carbocycles. The maximum Gasteiger partial charge on any atom is 0.117 e. The number of hydrogen-bond acceptors (Lipinski definition) is 2. The Bertz CT molecular complexity index is 1220. The van der Waals surface area contributed by atoms with Crippen molar-refractivity contribution in [3.05, 3.63) is 105 Å². The Morgan fingerprint density at radius 1 is 0.636 bits per heavy atom. The molecule has 166 valence electrons. The van der Waals surface area contributed by atoms with Crippen molar-refractivity contribution in [1.82, 2.24) is 0 Å². The van der Waals surface area contributed by atoms with E-state index in [0.29, 0.717) is 0 Å². The molecule has 1 aliphatic rings. The van der Waals surface area contributed by atoms with Crippen LogP contribution in [0.5, 0.6) is 0 Å². The third-order valence-electron chi connectivity index (χ3n) is 6.63. The summed E-state index contributed by atoms with van der Waals surface area (Å²) in [4.78, 5) is 0. The van der Waals surface area contributed by atoms with E-state index in [0.717, 1.165) is 6.42 Å². The summed E-state index contributed by atoms with van der Waals surface area (Å²) in [6, 6.07) is 22.9. The SMILES string of the molecule is C[Si](C)(/C=C/c1ccc2c(c1)Cc1cc(/C=C/[Si](C)(C)c3cccs3)ccc1-2)c1cccs1. The van der Waals surface area contributed by atoms with E-state index < -0.39 is 16.1 Å². The molecule has 5 rings (SSSR count). The van der Waals surface area contributed by atoms with Crippen LogP contribution in [0.25, 0.3) is 23.3 Å². The van der Waals surface area contributed by atoms with Gasteiger partial charge in [0.2, 0.25) is 0 Å². The highest BCUT2D eigenvalue weighted by atomic mass is 32.1. The van der Waals surface area contributed by atoms with Gasteiger partial charge < -0.3 is 0 Å². The van der Waals surface area contributed by atoms with Crippen LogP contribution in [0.4, 0.5) is 0 Å². The van der Waals surface area contributed by atoms with E-state index in [9.17, 15) is 0 Å². The van der Waals surface area contributed by atoms with Crippen LogP contribution in [0, 0.1) is 0 Å². The number of hydrogen-bond donors (Lipinski definition) is 0. The van der Waals surface area contributed by atoms with Crippen LogP contribution in [0.3, 0.4) is 0 Å². The van der Waals surface area contributed by atoms with Gasteiger partial charge in [-0.25, -0.2) is 0 Å². The lowest BCUT2D eigenvalue weighted by Gasteiger charge is -2.15. The highest BCUT2D eigenvalue weighted by Gasteiger charge is 2.23. The molecule has 0 fully saturated rings. The molecule has 0 saturated carbocycles. The van der Waals surface area contributed by atoms with E-state index in [-0.39, 0.29) is 0 Å². The molecule has 4 heteroatoms. The van der Waals surface area contributed by atoms with Gasteiger partial charge >= 0.3 is 0 Å². The Hall–Kier alpha value is -2.25. The number of fused-ring (bicyclic) bond motifs is 3. The molecule has 0 radical (unpaired) electrons. The molecule has 2 aromatic heterocycles. The van der Waals surface area contributed by atoms with Gasteiger partial charge in [0.25, 0.3) is 0 Å². The second-order valence-electron chi connectivity index (χ2n) is 10.1. The molecule has 4 aromatic rings. The van der Waals surface area contributed by atoms with Crippen LogP contribution < -0.4 is 9.00 Å². The topological polar surface area (TPSA) is 0 Å². The van der Waals surface area contributed by atoms with Gasteiger partial charge in [-0.05, 0) is 59.6 Å². The summed E-state index contributed by atoms with van der Waals surface area (Å²) in [5.41, 5.74) is 13.3. The van der Waals surface area contributed by atoms with E-state index in [4.69, 9.17) is 0 Å². The Kier molecular flexibility index (Phi) is 6.04. The van der Waals surface area contributed by atoms with Gasteiger partial charge in [0, 0.05) is 0 Å². The van der Waals surface area contributed by atoms with Gasteiger partial charge in [-0.1, -0.05) is 110 Å². The largest absolute Gasteiger partial charge is 0.153 e. The van der Waals surface area contributed by atoms with Crippen molar-refractivity contribution in [2.45, 2.75) is 32.6 Å². The molecule has 0 aliphatic heterocycles. The first kappa shape index (κ1) is 22.5. The van der Waals surface area contributed by atoms with E-state index in [2.05, 4.69) is 121 Å². The summed E-state index contributed by atoms with van der Waals surface area (Å²) in [7, 11) is -3.03. The van der Waals surface area contributed by atoms with Gasteiger partial charge in [-0.2, -0.15) is 22.7 Å². The fourth-order valence-corrected chi connectivity index (χ4v) is 11.3. The van der Waals surface area contributed by atoms with Gasteiger partial charge in [-0.3, -0.25) is 0 Å². The van der Waals surface area contributed by atoms with E-state index in [1.54, 1.807) is 9.00 Å². The van der Waals surface area contributed by atoms with Crippen LogP contribution >= 0.6 is 22.7 Å².